The largest absolute Gasteiger partial charge is 0.385 e. The molecule has 1 rings (SSSR count). The van der Waals surface area contributed by atoms with Crippen LogP contribution in [0.1, 0.15) is 32.3 Å². The fourth-order valence-electron chi connectivity index (χ4n) is 1.96. The third-order valence-electron chi connectivity index (χ3n) is 3.20. The van der Waals surface area contributed by atoms with Crippen LogP contribution in [0.3, 0.4) is 0 Å². The maximum absolute atomic E-state index is 12.0. The van der Waals surface area contributed by atoms with Gasteiger partial charge in [0.1, 0.15) is 6.10 Å². The SMILES string of the molecule is CCC(CC)C(O)C(=O)Cc1ccc(Br)cc1Cl. The molecule has 2 nitrogen and oxygen atoms in total. The summed E-state index contributed by atoms with van der Waals surface area (Å²) in [6.07, 6.45) is 0.901. The second-order valence-corrected chi connectivity index (χ2v) is 5.72. The Kier molecular flexibility index (Phi) is 6.33. The van der Waals surface area contributed by atoms with Crippen molar-refractivity contribution >= 4 is 33.3 Å². The van der Waals surface area contributed by atoms with Gasteiger partial charge in [-0.3, -0.25) is 4.79 Å². The van der Waals surface area contributed by atoms with E-state index in [9.17, 15) is 9.90 Å². The van der Waals surface area contributed by atoms with E-state index in [1.807, 2.05) is 26.0 Å². The number of aliphatic hydroxyl groups excluding tert-OH is 1. The predicted molar refractivity (Wildman–Crippen MR) is 77.9 cm³/mol. The zero-order valence-corrected chi connectivity index (χ0v) is 13.0. The van der Waals surface area contributed by atoms with Crippen LogP contribution >= 0.6 is 27.5 Å². The molecule has 0 aliphatic heterocycles. The van der Waals surface area contributed by atoms with Gasteiger partial charge in [0.2, 0.25) is 0 Å². The quantitative estimate of drug-likeness (QED) is 0.854. The number of rotatable bonds is 6. The van der Waals surface area contributed by atoms with E-state index in [2.05, 4.69) is 15.9 Å². The minimum absolute atomic E-state index is 0.0340. The number of carbonyl (C=O) groups excluding carboxylic acids is 1. The molecule has 1 aromatic carbocycles. The topological polar surface area (TPSA) is 37.3 Å². The summed E-state index contributed by atoms with van der Waals surface area (Å²) < 4.78 is 0.879. The minimum Gasteiger partial charge on any atom is -0.385 e. The standard InChI is InChI=1S/C14H18BrClO2/c1-3-9(4-2)14(18)13(17)7-10-5-6-11(15)8-12(10)16/h5-6,8-9,14,18H,3-4,7H2,1-2H3. The first-order valence-electron chi connectivity index (χ1n) is 6.14. The molecular weight excluding hydrogens is 316 g/mol. The van der Waals surface area contributed by atoms with Crippen molar-refractivity contribution < 1.29 is 9.90 Å². The van der Waals surface area contributed by atoms with E-state index >= 15 is 0 Å². The molecular formula is C14H18BrClO2. The van der Waals surface area contributed by atoms with Gasteiger partial charge in [0.25, 0.3) is 0 Å². The Morgan fingerprint density at radius 3 is 2.50 bits per heavy atom. The molecule has 1 N–H and O–H groups in total. The summed E-state index contributed by atoms with van der Waals surface area (Å²) in [4.78, 5) is 12.0. The Bertz CT molecular complexity index is 416. The van der Waals surface area contributed by atoms with Crippen LogP contribution in [-0.4, -0.2) is 17.0 Å². The van der Waals surface area contributed by atoms with Gasteiger partial charge in [0.15, 0.2) is 5.78 Å². The Morgan fingerprint density at radius 1 is 1.39 bits per heavy atom. The normalized spacial score (nSPS) is 12.8. The Hall–Kier alpha value is -0.380. The van der Waals surface area contributed by atoms with E-state index in [1.54, 1.807) is 6.07 Å². The molecule has 0 saturated heterocycles. The first-order valence-corrected chi connectivity index (χ1v) is 7.31. The Labute approximate surface area is 121 Å². The van der Waals surface area contributed by atoms with Crippen LogP contribution in [-0.2, 0) is 11.2 Å². The Morgan fingerprint density at radius 2 is 2.00 bits per heavy atom. The number of Topliss-reactive ketones (excluding diaryl/α,β-unsaturated/α-hetero) is 1. The van der Waals surface area contributed by atoms with Crippen LogP contribution in [0.25, 0.3) is 0 Å². The molecule has 0 amide bonds. The van der Waals surface area contributed by atoms with Gasteiger partial charge in [0, 0.05) is 15.9 Å². The van der Waals surface area contributed by atoms with Crippen LogP contribution in [0.5, 0.6) is 0 Å². The first kappa shape index (κ1) is 15.7. The fourth-order valence-corrected chi connectivity index (χ4v) is 2.70. The number of aliphatic hydroxyl groups is 1. The molecule has 4 heteroatoms. The molecule has 0 spiro atoms. The van der Waals surface area contributed by atoms with Crippen molar-refractivity contribution in [2.24, 2.45) is 5.92 Å². The molecule has 0 aromatic heterocycles. The highest BCUT2D eigenvalue weighted by Gasteiger charge is 2.23. The number of benzene rings is 1. The fraction of sp³-hybridized carbons (Fsp3) is 0.500. The van der Waals surface area contributed by atoms with Crippen molar-refractivity contribution in [2.45, 2.75) is 39.2 Å². The van der Waals surface area contributed by atoms with Gasteiger partial charge in [-0.15, -0.1) is 0 Å². The summed E-state index contributed by atoms with van der Waals surface area (Å²) in [6, 6.07) is 5.41. The molecule has 100 valence electrons. The molecule has 0 bridgehead atoms. The summed E-state index contributed by atoms with van der Waals surface area (Å²) in [7, 11) is 0. The van der Waals surface area contributed by atoms with Crippen molar-refractivity contribution in [3.8, 4) is 0 Å². The van der Waals surface area contributed by atoms with Crippen LogP contribution in [0.15, 0.2) is 22.7 Å². The van der Waals surface area contributed by atoms with Crippen LogP contribution in [0.2, 0.25) is 5.02 Å². The number of carbonyl (C=O) groups is 1. The van der Waals surface area contributed by atoms with E-state index in [1.165, 1.54) is 0 Å². The summed E-state index contributed by atoms with van der Waals surface area (Å²) in [5, 5.41) is 10.5. The van der Waals surface area contributed by atoms with Gasteiger partial charge in [-0.1, -0.05) is 60.3 Å². The van der Waals surface area contributed by atoms with E-state index in [0.717, 1.165) is 22.9 Å². The summed E-state index contributed by atoms with van der Waals surface area (Å²) in [5.41, 5.74) is 0.759. The summed E-state index contributed by atoms with van der Waals surface area (Å²) in [5.74, 6) is -0.125. The van der Waals surface area contributed by atoms with Crippen molar-refractivity contribution in [3.63, 3.8) is 0 Å². The van der Waals surface area contributed by atoms with E-state index in [-0.39, 0.29) is 18.1 Å². The number of halogens is 2. The lowest BCUT2D eigenvalue weighted by Crippen LogP contribution is -2.30. The van der Waals surface area contributed by atoms with Crippen molar-refractivity contribution in [3.05, 3.63) is 33.3 Å². The lowest BCUT2D eigenvalue weighted by Gasteiger charge is -2.19. The third kappa shape index (κ3) is 4.08. The molecule has 1 aromatic rings. The zero-order chi connectivity index (χ0) is 13.7. The van der Waals surface area contributed by atoms with Crippen molar-refractivity contribution in [2.75, 3.05) is 0 Å². The maximum Gasteiger partial charge on any atom is 0.165 e. The molecule has 1 unspecified atom stereocenters. The predicted octanol–water partition coefficient (Wildman–Crippen LogP) is 4.01. The monoisotopic (exact) mass is 332 g/mol. The second-order valence-electron chi connectivity index (χ2n) is 4.40. The molecule has 0 aliphatic carbocycles. The molecule has 18 heavy (non-hydrogen) atoms. The van der Waals surface area contributed by atoms with Crippen molar-refractivity contribution in [1.82, 2.24) is 0 Å². The molecule has 0 fully saturated rings. The Balaban J connectivity index is 2.75. The van der Waals surface area contributed by atoms with Gasteiger partial charge in [0.05, 0.1) is 0 Å². The van der Waals surface area contributed by atoms with Crippen LogP contribution < -0.4 is 0 Å². The average Bonchev–Trinajstić information content (AvgIpc) is 2.34. The van der Waals surface area contributed by atoms with Gasteiger partial charge in [-0.2, -0.15) is 0 Å². The molecule has 0 radical (unpaired) electrons. The highest BCUT2D eigenvalue weighted by Crippen LogP contribution is 2.23. The smallest absolute Gasteiger partial charge is 0.165 e. The first-order chi connectivity index (χ1) is 8.49. The maximum atomic E-state index is 12.0. The summed E-state index contributed by atoms with van der Waals surface area (Å²) >= 11 is 9.38. The lowest BCUT2D eigenvalue weighted by atomic mass is 9.91. The van der Waals surface area contributed by atoms with Crippen molar-refractivity contribution in [1.29, 1.82) is 0 Å². The van der Waals surface area contributed by atoms with E-state index in [4.69, 9.17) is 11.6 Å². The van der Waals surface area contributed by atoms with Gasteiger partial charge in [-0.25, -0.2) is 0 Å². The number of hydrogen-bond acceptors (Lipinski definition) is 2. The average molecular weight is 334 g/mol. The zero-order valence-electron chi connectivity index (χ0n) is 10.6. The van der Waals surface area contributed by atoms with Crippen LogP contribution in [0.4, 0.5) is 0 Å². The molecule has 0 heterocycles. The molecule has 1 atom stereocenters. The van der Waals surface area contributed by atoms with Gasteiger partial charge >= 0.3 is 0 Å². The molecule has 0 saturated carbocycles. The molecule has 0 aliphatic rings. The highest BCUT2D eigenvalue weighted by atomic mass is 79.9. The van der Waals surface area contributed by atoms with E-state index in [0.29, 0.717) is 5.02 Å². The third-order valence-corrected chi connectivity index (χ3v) is 4.05. The highest BCUT2D eigenvalue weighted by molar-refractivity contribution is 9.10. The summed E-state index contributed by atoms with van der Waals surface area (Å²) in [6.45, 7) is 3.97. The van der Waals surface area contributed by atoms with Gasteiger partial charge < -0.3 is 5.11 Å². The lowest BCUT2D eigenvalue weighted by molar-refractivity contribution is -0.129. The van der Waals surface area contributed by atoms with Gasteiger partial charge in [-0.05, 0) is 23.6 Å². The second kappa shape index (κ2) is 7.27. The number of ketones is 1. The van der Waals surface area contributed by atoms with Crippen LogP contribution in [0, 0.1) is 5.92 Å². The minimum atomic E-state index is -0.889. The number of hydrogen-bond donors (Lipinski definition) is 1. The van der Waals surface area contributed by atoms with E-state index < -0.39 is 6.10 Å².